The third-order valence-electron chi connectivity index (χ3n) is 4.76. The second kappa shape index (κ2) is 10.1. The van der Waals surface area contributed by atoms with Crippen LogP contribution in [0.5, 0.6) is 11.5 Å². The zero-order valence-corrected chi connectivity index (χ0v) is 17.6. The molecule has 0 amide bonds. The minimum absolute atomic E-state index is 0.176. The van der Waals surface area contributed by atoms with E-state index in [-0.39, 0.29) is 11.5 Å². The average molecular weight is 430 g/mol. The van der Waals surface area contributed by atoms with Crippen molar-refractivity contribution in [1.82, 2.24) is 0 Å². The Morgan fingerprint density at radius 1 is 0.562 bits per heavy atom. The first kappa shape index (κ1) is 22.4. The van der Waals surface area contributed by atoms with Crippen molar-refractivity contribution in [3.63, 3.8) is 0 Å². The van der Waals surface area contributed by atoms with E-state index in [4.69, 9.17) is 9.47 Å². The quantitative estimate of drug-likeness (QED) is 0.287. The summed E-state index contributed by atoms with van der Waals surface area (Å²) in [7, 11) is 3.08. The molecular weight excluding hydrogens is 408 g/mol. The number of carbonyl (C=O) groups is 2. The van der Waals surface area contributed by atoms with Gasteiger partial charge in [-0.25, -0.2) is 0 Å². The van der Waals surface area contributed by atoms with E-state index in [0.717, 1.165) is 12.2 Å². The van der Waals surface area contributed by atoms with Gasteiger partial charge in [0.15, 0.2) is 11.6 Å². The maximum absolute atomic E-state index is 12.4. The maximum Gasteiger partial charge on any atom is 0.189 e. The highest BCUT2D eigenvalue weighted by molar-refractivity contribution is 6.10. The average Bonchev–Trinajstić information content (AvgIpc) is 2.84. The molecule has 0 aliphatic rings. The Hall–Kier alpha value is -4.32. The van der Waals surface area contributed by atoms with E-state index in [1.54, 1.807) is 62.8 Å². The number of aliphatic hydroxyl groups is 2. The molecule has 0 saturated heterocycles. The van der Waals surface area contributed by atoms with Crippen LogP contribution in [0.3, 0.4) is 0 Å². The summed E-state index contributed by atoms with van der Waals surface area (Å²) >= 11 is 0. The van der Waals surface area contributed by atoms with Gasteiger partial charge in [-0.05, 0) is 48.5 Å². The predicted molar refractivity (Wildman–Crippen MR) is 122 cm³/mol. The Balaban J connectivity index is 1.71. The highest BCUT2D eigenvalue weighted by atomic mass is 16.5. The first-order valence-electron chi connectivity index (χ1n) is 9.70. The Bertz CT molecular complexity index is 1060. The van der Waals surface area contributed by atoms with E-state index < -0.39 is 11.6 Å². The van der Waals surface area contributed by atoms with Crippen molar-refractivity contribution >= 4 is 23.1 Å². The van der Waals surface area contributed by atoms with E-state index in [2.05, 4.69) is 0 Å². The Morgan fingerprint density at radius 3 is 1.12 bits per heavy atom. The first-order valence-corrected chi connectivity index (χ1v) is 9.70. The van der Waals surface area contributed by atoms with Crippen molar-refractivity contribution in [1.29, 1.82) is 0 Å². The lowest BCUT2D eigenvalue weighted by molar-refractivity contribution is 0.103. The van der Waals surface area contributed by atoms with Crippen LogP contribution in [0.1, 0.15) is 31.8 Å². The lowest BCUT2D eigenvalue weighted by Crippen LogP contribution is -2.00. The number of aliphatic hydroxyl groups excluding tert-OH is 2. The number of allylic oxidation sites excluding steroid dienone is 2. The molecule has 0 aromatic heterocycles. The van der Waals surface area contributed by atoms with Crippen molar-refractivity contribution < 1.29 is 29.3 Å². The summed E-state index contributed by atoms with van der Waals surface area (Å²) in [4.78, 5) is 24.9. The van der Waals surface area contributed by atoms with Crippen LogP contribution >= 0.6 is 0 Å². The summed E-state index contributed by atoms with van der Waals surface area (Å²) in [6, 6.07) is 19.2. The van der Waals surface area contributed by atoms with E-state index in [1.165, 1.54) is 24.3 Å². The van der Waals surface area contributed by atoms with Crippen LogP contribution in [0.15, 0.2) is 84.9 Å². The molecule has 2 N–H and O–H groups in total. The molecule has 3 aromatic rings. The number of carbonyl (C=O) groups excluding carboxylic acids is 2. The fraction of sp³-hybridized carbons (Fsp3) is 0.0769. The van der Waals surface area contributed by atoms with Crippen LogP contribution < -0.4 is 9.47 Å². The zero-order valence-electron chi connectivity index (χ0n) is 17.6. The number of rotatable bonds is 8. The Morgan fingerprint density at radius 2 is 0.844 bits per heavy atom. The summed E-state index contributed by atoms with van der Waals surface area (Å²) in [6.45, 7) is 0. The topological polar surface area (TPSA) is 93.1 Å². The van der Waals surface area contributed by atoms with E-state index in [0.29, 0.717) is 33.8 Å². The third kappa shape index (κ3) is 5.43. The van der Waals surface area contributed by atoms with Crippen molar-refractivity contribution in [3.05, 3.63) is 107 Å². The number of methoxy groups -OCH3 is 2. The SMILES string of the molecule is COc1ccc(/C(O)=C/C(=O)c2ccc(C(=O)/C=C(\O)c3ccc(OC)cc3)cc2)cc1. The van der Waals surface area contributed by atoms with Crippen LogP contribution in [-0.4, -0.2) is 36.0 Å². The molecule has 0 aliphatic heterocycles. The van der Waals surface area contributed by atoms with Crippen molar-refractivity contribution in [2.45, 2.75) is 0 Å². The molecule has 0 unspecified atom stereocenters. The van der Waals surface area contributed by atoms with Gasteiger partial charge in [-0.1, -0.05) is 24.3 Å². The van der Waals surface area contributed by atoms with Gasteiger partial charge in [0.05, 0.1) is 14.2 Å². The molecule has 0 fully saturated rings. The number of benzene rings is 3. The number of ether oxygens (including phenoxy) is 2. The van der Waals surface area contributed by atoms with Gasteiger partial charge >= 0.3 is 0 Å². The molecule has 6 heteroatoms. The molecule has 3 rings (SSSR count). The van der Waals surface area contributed by atoms with Gasteiger partial charge in [0.2, 0.25) is 0 Å². The predicted octanol–water partition coefficient (Wildman–Crippen LogP) is 5.27. The lowest BCUT2D eigenvalue weighted by Gasteiger charge is -2.04. The number of hydrogen-bond donors (Lipinski definition) is 2. The lowest BCUT2D eigenvalue weighted by atomic mass is 10.0. The normalized spacial score (nSPS) is 11.7. The van der Waals surface area contributed by atoms with Crippen molar-refractivity contribution in [2.75, 3.05) is 14.2 Å². The minimum atomic E-state index is -0.408. The largest absolute Gasteiger partial charge is 0.507 e. The standard InChI is InChI=1S/C26H22O6/c1-31-21-11-7-19(8-12-21)25(29)15-23(27)17-3-5-18(6-4-17)24(28)16-26(30)20-9-13-22(32-2)14-10-20/h3-16,29-30H,1-2H3/b25-15-,26-16-. The molecule has 0 spiro atoms. The fourth-order valence-electron chi connectivity index (χ4n) is 2.90. The molecule has 0 bridgehead atoms. The van der Waals surface area contributed by atoms with Gasteiger partial charge in [0, 0.05) is 34.4 Å². The highest BCUT2D eigenvalue weighted by Gasteiger charge is 2.10. The van der Waals surface area contributed by atoms with Crippen LogP contribution in [0.25, 0.3) is 11.5 Å². The smallest absolute Gasteiger partial charge is 0.189 e. The van der Waals surface area contributed by atoms with E-state index >= 15 is 0 Å². The molecule has 0 aliphatic carbocycles. The molecular formula is C26H22O6. The monoisotopic (exact) mass is 430 g/mol. The van der Waals surface area contributed by atoms with Gasteiger partial charge in [-0.3, -0.25) is 9.59 Å². The van der Waals surface area contributed by atoms with Gasteiger partial charge in [-0.15, -0.1) is 0 Å². The zero-order chi connectivity index (χ0) is 23.1. The van der Waals surface area contributed by atoms with E-state index in [9.17, 15) is 19.8 Å². The molecule has 0 atom stereocenters. The van der Waals surface area contributed by atoms with E-state index in [1.807, 2.05) is 0 Å². The molecule has 0 radical (unpaired) electrons. The molecule has 0 heterocycles. The molecule has 6 nitrogen and oxygen atoms in total. The summed E-state index contributed by atoms with van der Waals surface area (Å²) in [5.74, 6) is 0.110. The molecule has 3 aromatic carbocycles. The minimum Gasteiger partial charge on any atom is -0.507 e. The second-order valence-electron chi connectivity index (χ2n) is 6.82. The summed E-state index contributed by atoms with van der Waals surface area (Å²) < 4.78 is 10.1. The number of ketones is 2. The van der Waals surface area contributed by atoms with Gasteiger partial charge < -0.3 is 19.7 Å². The first-order chi connectivity index (χ1) is 15.4. The van der Waals surface area contributed by atoms with Crippen LogP contribution in [0.4, 0.5) is 0 Å². The maximum atomic E-state index is 12.4. The molecule has 162 valence electrons. The van der Waals surface area contributed by atoms with Gasteiger partial charge in [-0.2, -0.15) is 0 Å². The molecule has 32 heavy (non-hydrogen) atoms. The van der Waals surface area contributed by atoms with Gasteiger partial charge in [0.25, 0.3) is 0 Å². The highest BCUT2D eigenvalue weighted by Crippen LogP contribution is 2.19. The molecule has 0 saturated carbocycles. The summed E-state index contributed by atoms with van der Waals surface area (Å²) in [5, 5.41) is 20.4. The van der Waals surface area contributed by atoms with Gasteiger partial charge in [0.1, 0.15) is 23.0 Å². The second-order valence-corrected chi connectivity index (χ2v) is 6.82. The van der Waals surface area contributed by atoms with Crippen molar-refractivity contribution in [3.8, 4) is 11.5 Å². The Kier molecular flexibility index (Phi) is 7.08. The van der Waals surface area contributed by atoms with Crippen molar-refractivity contribution in [2.24, 2.45) is 0 Å². The summed E-state index contributed by atoms with van der Waals surface area (Å²) in [5.41, 5.74) is 1.57. The number of hydrogen-bond acceptors (Lipinski definition) is 6. The summed E-state index contributed by atoms with van der Waals surface area (Å²) in [6.07, 6.45) is 2.24. The fourth-order valence-corrected chi connectivity index (χ4v) is 2.90. The third-order valence-corrected chi connectivity index (χ3v) is 4.76. The van der Waals surface area contributed by atoms with Crippen LogP contribution in [0, 0.1) is 0 Å². The van der Waals surface area contributed by atoms with Crippen LogP contribution in [-0.2, 0) is 0 Å². The van der Waals surface area contributed by atoms with Crippen LogP contribution in [0.2, 0.25) is 0 Å². The Labute approximate surface area is 185 Å².